The first kappa shape index (κ1) is 11.7. The summed E-state index contributed by atoms with van der Waals surface area (Å²) >= 11 is 1.43. The van der Waals surface area contributed by atoms with Gasteiger partial charge in [-0.15, -0.1) is 0 Å². The highest BCUT2D eigenvalue weighted by molar-refractivity contribution is 7.09. The first-order valence-corrected chi connectivity index (χ1v) is 6.29. The summed E-state index contributed by atoms with van der Waals surface area (Å²) in [6.07, 6.45) is 1.21. The predicted molar refractivity (Wildman–Crippen MR) is 73.2 cm³/mol. The third-order valence-electron chi connectivity index (χ3n) is 2.61. The van der Waals surface area contributed by atoms with E-state index in [1.807, 2.05) is 24.3 Å². The summed E-state index contributed by atoms with van der Waals surface area (Å²) in [5, 5.41) is 2.50. The molecule has 96 valence electrons. The van der Waals surface area contributed by atoms with E-state index in [0.29, 0.717) is 5.95 Å². The molecule has 6 nitrogen and oxygen atoms in total. The number of carbonyl (C=O) groups excluding carboxylic acids is 1. The van der Waals surface area contributed by atoms with Crippen LogP contribution in [0.3, 0.4) is 0 Å². The predicted octanol–water partition coefficient (Wildman–Crippen LogP) is 2.86. The molecule has 0 unspecified atom stereocenters. The minimum atomic E-state index is -0.554. The number of imidazole rings is 1. The number of carbonyl (C=O) groups is 1. The maximum absolute atomic E-state index is 11.1. The Morgan fingerprint density at radius 1 is 1.42 bits per heavy atom. The number of methoxy groups -OCH3 is 1. The van der Waals surface area contributed by atoms with Gasteiger partial charge in [0.25, 0.3) is 0 Å². The lowest BCUT2D eigenvalue weighted by Crippen LogP contribution is -2.11. The number of fused-ring (bicyclic) bond motifs is 1. The molecule has 0 saturated carbocycles. The Bertz CT molecular complexity index is 720. The third-order valence-corrected chi connectivity index (χ3v) is 3.41. The van der Waals surface area contributed by atoms with E-state index in [-0.39, 0.29) is 0 Å². The van der Waals surface area contributed by atoms with Gasteiger partial charge in [-0.3, -0.25) is 5.32 Å². The van der Waals surface area contributed by atoms with Crippen LogP contribution in [0.25, 0.3) is 21.5 Å². The fourth-order valence-corrected chi connectivity index (χ4v) is 2.32. The van der Waals surface area contributed by atoms with E-state index >= 15 is 0 Å². The van der Waals surface area contributed by atoms with Crippen molar-refractivity contribution < 1.29 is 9.53 Å². The molecule has 7 heteroatoms. The highest BCUT2D eigenvalue weighted by Gasteiger charge is 2.08. The molecule has 0 aliphatic rings. The molecule has 0 aliphatic carbocycles. The summed E-state index contributed by atoms with van der Waals surface area (Å²) < 4.78 is 8.59. The Labute approximate surface area is 112 Å². The molecule has 2 N–H and O–H groups in total. The summed E-state index contributed by atoms with van der Waals surface area (Å²) in [4.78, 5) is 19.5. The Kier molecular flexibility index (Phi) is 2.88. The molecule has 2 heterocycles. The van der Waals surface area contributed by atoms with Gasteiger partial charge in [0, 0.05) is 6.20 Å². The second-order valence-corrected chi connectivity index (χ2v) is 4.64. The number of nitrogens with one attached hydrogen (secondary N) is 2. The lowest BCUT2D eigenvalue weighted by molar-refractivity contribution is 0.186. The number of anilines is 1. The molecule has 0 atom stereocenters. The largest absolute Gasteiger partial charge is 0.453 e. The Morgan fingerprint density at radius 2 is 2.32 bits per heavy atom. The minimum Gasteiger partial charge on any atom is -0.453 e. The number of ether oxygens (including phenoxy) is 1. The van der Waals surface area contributed by atoms with Crippen molar-refractivity contribution in [3.05, 3.63) is 30.5 Å². The topological polar surface area (TPSA) is 79.9 Å². The van der Waals surface area contributed by atoms with E-state index in [9.17, 15) is 4.79 Å². The molecule has 3 aromatic rings. The second kappa shape index (κ2) is 4.69. The molecular formula is C12H10N4O2S. The molecule has 0 radical (unpaired) electrons. The number of rotatable bonds is 2. The number of aromatic amines is 1. The summed E-state index contributed by atoms with van der Waals surface area (Å²) in [6.45, 7) is 0. The van der Waals surface area contributed by atoms with Crippen LogP contribution < -0.4 is 5.32 Å². The minimum absolute atomic E-state index is 0.364. The van der Waals surface area contributed by atoms with Crippen molar-refractivity contribution in [2.45, 2.75) is 0 Å². The van der Waals surface area contributed by atoms with E-state index < -0.39 is 6.09 Å². The maximum atomic E-state index is 11.1. The number of benzene rings is 1. The number of hydrogen-bond acceptors (Lipinski definition) is 5. The van der Waals surface area contributed by atoms with Gasteiger partial charge in [-0.25, -0.2) is 14.2 Å². The SMILES string of the molecule is COC(=O)Nc1nc2ccc(-c3ccns3)cc2[nH]1. The highest BCUT2D eigenvalue weighted by Crippen LogP contribution is 2.26. The van der Waals surface area contributed by atoms with E-state index in [2.05, 4.69) is 24.4 Å². The normalized spacial score (nSPS) is 10.6. The van der Waals surface area contributed by atoms with Crippen LogP contribution in [0.4, 0.5) is 10.7 Å². The van der Waals surface area contributed by atoms with Crippen LogP contribution in [0.5, 0.6) is 0 Å². The number of aromatic nitrogens is 3. The monoisotopic (exact) mass is 274 g/mol. The smallest absolute Gasteiger partial charge is 0.413 e. The average molecular weight is 274 g/mol. The molecule has 0 aliphatic heterocycles. The molecule has 0 bridgehead atoms. The van der Waals surface area contributed by atoms with Crippen molar-refractivity contribution in [3.63, 3.8) is 0 Å². The van der Waals surface area contributed by atoms with E-state index in [1.54, 1.807) is 6.20 Å². The van der Waals surface area contributed by atoms with E-state index in [0.717, 1.165) is 21.5 Å². The Balaban J connectivity index is 1.97. The van der Waals surface area contributed by atoms with Crippen LogP contribution in [-0.2, 0) is 4.74 Å². The van der Waals surface area contributed by atoms with Gasteiger partial charge in [-0.2, -0.15) is 0 Å². The first-order chi connectivity index (χ1) is 9.26. The summed E-state index contributed by atoms with van der Waals surface area (Å²) in [6, 6.07) is 7.79. The molecule has 0 fully saturated rings. The lowest BCUT2D eigenvalue weighted by atomic mass is 10.2. The van der Waals surface area contributed by atoms with Crippen LogP contribution in [-0.4, -0.2) is 27.5 Å². The first-order valence-electron chi connectivity index (χ1n) is 5.52. The molecule has 0 spiro atoms. The van der Waals surface area contributed by atoms with Gasteiger partial charge in [0.15, 0.2) is 0 Å². The molecule has 0 saturated heterocycles. The molecule has 1 aromatic carbocycles. The number of hydrogen-bond donors (Lipinski definition) is 2. The zero-order valence-corrected chi connectivity index (χ0v) is 10.8. The van der Waals surface area contributed by atoms with Gasteiger partial charge < -0.3 is 9.72 Å². The quantitative estimate of drug-likeness (QED) is 0.753. The van der Waals surface area contributed by atoms with Crippen LogP contribution >= 0.6 is 11.5 Å². The third kappa shape index (κ3) is 2.27. The van der Waals surface area contributed by atoms with Crippen molar-refractivity contribution in [3.8, 4) is 10.4 Å². The van der Waals surface area contributed by atoms with Gasteiger partial charge in [0.2, 0.25) is 5.95 Å². The Hall–Kier alpha value is -2.41. The number of nitrogens with zero attached hydrogens (tertiary/aromatic N) is 2. The molecular weight excluding hydrogens is 264 g/mol. The molecule has 3 rings (SSSR count). The van der Waals surface area contributed by atoms with Crippen molar-refractivity contribution in [1.82, 2.24) is 14.3 Å². The number of H-pyrrole nitrogens is 1. The number of amides is 1. The van der Waals surface area contributed by atoms with E-state index in [1.165, 1.54) is 18.6 Å². The summed E-state index contributed by atoms with van der Waals surface area (Å²) in [7, 11) is 1.31. The highest BCUT2D eigenvalue weighted by atomic mass is 32.1. The zero-order valence-electron chi connectivity index (χ0n) is 10.0. The fourth-order valence-electron chi connectivity index (χ4n) is 1.73. The molecule has 2 aromatic heterocycles. The van der Waals surface area contributed by atoms with Crippen LogP contribution in [0.1, 0.15) is 0 Å². The van der Waals surface area contributed by atoms with Crippen molar-refractivity contribution in [1.29, 1.82) is 0 Å². The van der Waals surface area contributed by atoms with Gasteiger partial charge in [-0.05, 0) is 35.3 Å². The standard InChI is InChI=1S/C12H10N4O2S/c1-18-12(17)16-11-14-8-3-2-7(6-9(8)15-11)10-4-5-13-19-10/h2-6H,1H3,(H2,14,15,16,17). The van der Waals surface area contributed by atoms with Crippen molar-refractivity contribution in [2.75, 3.05) is 12.4 Å². The van der Waals surface area contributed by atoms with Crippen LogP contribution in [0.15, 0.2) is 30.5 Å². The van der Waals surface area contributed by atoms with Crippen molar-refractivity contribution >= 4 is 34.6 Å². The Morgan fingerprint density at radius 3 is 3.05 bits per heavy atom. The summed E-state index contributed by atoms with van der Waals surface area (Å²) in [5.41, 5.74) is 2.68. The fraction of sp³-hybridized carbons (Fsp3) is 0.0833. The average Bonchev–Trinajstić information content (AvgIpc) is 3.06. The van der Waals surface area contributed by atoms with Crippen molar-refractivity contribution in [2.24, 2.45) is 0 Å². The van der Waals surface area contributed by atoms with Gasteiger partial charge >= 0.3 is 6.09 Å². The lowest BCUT2D eigenvalue weighted by Gasteiger charge is -1.97. The zero-order chi connectivity index (χ0) is 13.2. The second-order valence-electron chi connectivity index (χ2n) is 3.81. The van der Waals surface area contributed by atoms with Crippen LogP contribution in [0, 0.1) is 0 Å². The van der Waals surface area contributed by atoms with Crippen LogP contribution in [0.2, 0.25) is 0 Å². The van der Waals surface area contributed by atoms with Gasteiger partial charge in [-0.1, -0.05) is 6.07 Å². The molecule has 1 amide bonds. The molecule has 19 heavy (non-hydrogen) atoms. The van der Waals surface area contributed by atoms with Gasteiger partial charge in [0.1, 0.15) is 0 Å². The summed E-state index contributed by atoms with van der Waals surface area (Å²) in [5.74, 6) is 0.364. The maximum Gasteiger partial charge on any atom is 0.413 e. The van der Waals surface area contributed by atoms with E-state index in [4.69, 9.17) is 0 Å². The van der Waals surface area contributed by atoms with Gasteiger partial charge in [0.05, 0.1) is 23.0 Å².